The van der Waals surface area contributed by atoms with Gasteiger partial charge in [-0.05, 0) is 13.3 Å². The molecular formula is C11H18N2O2S. The maximum atomic E-state index is 11.3. The van der Waals surface area contributed by atoms with E-state index in [0.717, 1.165) is 30.9 Å². The number of hydrogen-bond donors (Lipinski definition) is 1. The molecule has 0 unspecified atom stereocenters. The molecule has 0 aromatic carbocycles. The number of H-pyrrole nitrogens is 1. The van der Waals surface area contributed by atoms with Gasteiger partial charge in [-0.15, -0.1) is 0 Å². The summed E-state index contributed by atoms with van der Waals surface area (Å²) in [5.41, 5.74) is 0.794. The zero-order valence-electron chi connectivity index (χ0n) is 9.78. The van der Waals surface area contributed by atoms with E-state index in [1.54, 1.807) is 6.07 Å². The van der Waals surface area contributed by atoms with Crippen molar-refractivity contribution >= 4 is 11.8 Å². The van der Waals surface area contributed by atoms with Gasteiger partial charge in [-0.25, -0.2) is 4.98 Å². The predicted molar refractivity (Wildman–Crippen MR) is 66.1 cm³/mol. The topological polar surface area (TPSA) is 55.0 Å². The summed E-state index contributed by atoms with van der Waals surface area (Å²) >= 11 is 1.52. The van der Waals surface area contributed by atoms with Crippen LogP contribution >= 0.6 is 11.8 Å². The first-order valence-corrected chi connectivity index (χ1v) is 6.55. The second-order valence-corrected chi connectivity index (χ2v) is 4.42. The summed E-state index contributed by atoms with van der Waals surface area (Å²) in [7, 11) is 0. The van der Waals surface area contributed by atoms with E-state index in [-0.39, 0.29) is 5.56 Å². The SMILES string of the molecule is CCCc1cc(=O)[nH]c(SCCOCC)n1. The summed E-state index contributed by atoms with van der Waals surface area (Å²) in [5.74, 6) is 0.812. The van der Waals surface area contributed by atoms with Gasteiger partial charge >= 0.3 is 0 Å². The van der Waals surface area contributed by atoms with Crippen molar-refractivity contribution in [2.45, 2.75) is 31.8 Å². The number of aromatic nitrogens is 2. The van der Waals surface area contributed by atoms with Crippen molar-refractivity contribution < 1.29 is 4.74 Å². The molecule has 0 saturated heterocycles. The number of ether oxygens (including phenoxy) is 1. The Morgan fingerprint density at radius 3 is 3.00 bits per heavy atom. The third-order valence-corrected chi connectivity index (χ3v) is 2.79. The molecule has 0 fully saturated rings. The van der Waals surface area contributed by atoms with Crippen molar-refractivity contribution in [1.29, 1.82) is 0 Å². The molecule has 0 bridgehead atoms. The Balaban J connectivity index is 2.54. The van der Waals surface area contributed by atoms with Gasteiger partial charge in [0, 0.05) is 24.1 Å². The third kappa shape index (κ3) is 4.81. The molecule has 90 valence electrons. The molecule has 1 aromatic rings. The lowest BCUT2D eigenvalue weighted by molar-refractivity contribution is 0.164. The Morgan fingerprint density at radius 2 is 2.31 bits per heavy atom. The minimum absolute atomic E-state index is 0.0719. The molecule has 0 saturated carbocycles. The number of nitrogens with one attached hydrogen (secondary N) is 1. The molecule has 0 spiro atoms. The minimum atomic E-state index is -0.0719. The van der Waals surface area contributed by atoms with Crippen LogP contribution in [0.25, 0.3) is 0 Å². The predicted octanol–water partition coefficient (Wildman–Crippen LogP) is 1.85. The van der Waals surface area contributed by atoms with Gasteiger partial charge in [0.15, 0.2) is 5.16 Å². The molecule has 1 rings (SSSR count). The zero-order valence-corrected chi connectivity index (χ0v) is 10.6. The lowest BCUT2D eigenvalue weighted by Crippen LogP contribution is -2.10. The highest BCUT2D eigenvalue weighted by Gasteiger charge is 2.01. The van der Waals surface area contributed by atoms with Crippen LogP contribution in [0.2, 0.25) is 0 Å². The van der Waals surface area contributed by atoms with Crippen LogP contribution in [0, 0.1) is 0 Å². The van der Waals surface area contributed by atoms with Crippen LogP contribution in [0.3, 0.4) is 0 Å². The summed E-state index contributed by atoms with van der Waals surface area (Å²) in [6.45, 7) is 5.45. The molecular weight excluding hydrogens is 224 g/mol. The van der Waals surface area contributed by atoms with Gasteiger partial charge < -0.3 is 9.72 Å². The molecule has 16 heavy (non-hydrogen) atoms. The van der Waals surface area contributed by atoms with E-state index in [0.29, 0.717) is 11.8 Å². The molecule has 0 aliphatic rings. The largest absolute Gasteiger partial charge is 0.381 e. The normalized spacial score (nSPS) is 10.6. The minimum Gasteiger partial charge on any atom is -0.381 e. The number of aromatic amines is 1. The van der Waals surface area contributed by atoms with E-state index < -0.39 is 0 Å². The highest BCUT2D eigenvalue weighted by Crippen LogP contribution is 2.11. The average molecular weight is 242 g/mol. The van der Waals surface area contributed by atoms with Crippen LogP contribution < -0.4 is 5.56 Å². The van der Waals surface area contributed by atoms with Gasteiger partial charge in [0.1, 0.15) is 0 Å². The number of thioether (sulfide) groups is 1. The fourth-order valence-corrected chi connectivity index (χ4v) is 2.03. The third-order valence-electron chi connectivity index (χ3n) is 1.95. The smallest absolute Gasteiger partial charge is 0.251 e. The average Bonchev–Trinajstić information content (AvgIpc) is 2.24. The second kappa shape index (κ2) is 7.46. The van der Waals surface area contributed by atoms with Crippen molar-refractivity contribution in [3.63, 3.8) is 0 Å². The quantitative estimate of drug-likeness (QED) is 0.450. The second-order valence-electron chi connectivity index (χ2n) is 3.34. The lowest BCUT2D eigenvalue weighted by Gasteiger charge is -2.03. The monoisotopic (exact) mass is 242 g/mol. The highest BCUT2D eigenvalue weighted by atomic mass is 32.2. The van der Waals surface area contributed by atoms with Crippen LogP contribution in [0.15, 0.2) is 16.0 Å². The molecule has 0 radical (unpaired) electrons. The molecule has 0 aliphatic carbocycles. The lowest BCUT2D eigenvalue weighted by atomic mass is 10.2. The van der Waals surface area contributed by atoms with Crippen molar-refractivity contribution in [2.24, 2.45) is 0 Å². The standard InChI is InChI=1S/C11H18N2O2S/c1-3-5-9-8-10(14)13-11(12-9)16-7-6-15-4-2/h8H,3-7H2,1-2H3,(H,12,13,14). The fourth-order valence-electron chi connectivity index (χ4n) is 1.28. The molecule has 1 heterocycles. The Bertz CT molecular complexity index is 365. The number of hydrogen-bond acceptors (Lipinski definition) is 4. The first-order chi connectivity index (χ1) is 7.76. The summed E-state index contributed by atoms with van der Waals surface area (Å²) in [6.07, 6.45) is 1.85. The van der Waals surface area contributed by atoms with Gasteiger partial charge in [0.25, 0.3) is 5.56 Å². The van der Waals surface area contributed by atoms with Crippen LogP contribution in [0.5, 0.6) is 0 Å². The van der Waals surface area contributed by atoms with Crippen molar-refractivity contribution in [3.8, 4) is 0 Å². The molecule has 5 heteroatoms. The van der Waals surface area contributed by atoms with E-state index >= 15 is 0 Å². The summed E-state index contributed by atoms with van der Waals surface area (Å²) in [5, 5.41) is 0.690. The first kappa shape index (κ1) is 13.3. The first-order valence-electron chi connectivity index (χ1n) is 5.57. The van der Waals surface area contributed by atoms with E-state index in [1.165, 1.54) is 11.8 Å². The van der Waals surface area contributed by atoms with Crippen molar-refractivity contribution in [1.82, 2.24) is 9.97 Å². The number of aryl methyl sites for hydroxylation is 1. The van der Waals surface area contributed by atoms with E-state index in [4.69, 9.17) is 4.74 Å². The Labute approximate surface area is 99.8 Å². The van der Waals surface area contributed by atoms with E-state index in [9.17, 15) is 4.79 Å². The number of rotatable bonds is 7. The maximum absolute atomic E-state index is 11.3. The Hall–Kier alpha value is -0.810. The molecule has 0 aliphatic heterocycles. The van der Waals surface area contributed by atoms with Crippen molar-refractivity contribution in [2.75, 3.05) is 19.0 Å². The molecule has 4 nitrogen and oxygen atoms in total. The van der Waals surface area contributed by atoms with Crippen LogP contribution in [-0.2, 0) is 11.2 Å². The van der Waals surface area contributed by atoms with Crippen LogP contribution in [-0.4, -0.2) is 28.9 Å². The summed E-state index contributed by atoms with van der Waals surface area (Å²) in [4.78, 5) is 18.4. The Kier molecular flexibility index (Phi) is 6.18. The molecule has 0 amide bonds. The van der Waals surface area contributed by atoms with Crippen molar-refractivity contribution in [3.05, 3.63) is 22.1 Å². The van der Waals surface area contributed by atoms with Gasteiger partial charge in [-0.1, -0.05) is 25.1 Å². The van der Waals surface area contributed by atoms with Crippen LogP contribution in [0.4, 0.5) is 0 Å². The van der Waals surface area contributed by atoms with Crippen LogP contribution in [0.1, 0.15) is 26.0 Å². The molecule has 1 N–H and O–H groups in total. The summed E-state index contributed by atoms with van der Waals surface area (Å²) in [6, 6.07) is 1.57. The van der Waals surface area contributed by atoms with Gasteiger partial charge in [0.05, 0.1) is 6.61 Å². The molecule has 1 aromatic heterocycles. The Morgan fingerprint density at radius 1 is 1.50 bits per heavy atom. The fraction of sp³-hybridized carbons (Fsp3) is 0.636. The number of nitrogens with zero attached hydrogens (tertiary/aromatic N) is 1. The van der Waals surface area contributed by atoms with E-state index in [1.807, 2.05) is 6.92 Å². The summed E-state index contributed by atoms with van der Waals surface area (Å²) < 4.78 is 5.22. The van der Waals surface area contributed by atoms with E-state index in [2.05, 4.69) is 16.9 Å². The van der Waals surface area contributed by atoms with Gasteiger partial charge in [0.2, 0.25) is 0 Å². The maximum Gasteiger partial charge on any atom is 0.251 e. The van der Waals surface area contributed by atoms with Gasteiger partial charge in [-0.3, -0.25) is 4.79 Å². The highest BCUT2D eigenvalue weighted by molar-refractivity contribution is 7.99. The molecule has 0 atom stereocenters. The van der Waals surface area contributed by atoms with Gasteiger partial charge in [-0.2, -0.15) is 0 Å². The zero-order chi connectivity index (χ0) is 11.8.